The molecule has 0 bridgehead atoms. The van der Waals surface area contributed by atoms with Crippen LogP contribution >= 0.6 is 0 Å². The van der Waals surface area contributed by atoms with Crippen LogP contribution in [0.25, 0.3) is 11.0 Å². The maximum Gasteiger partial charge on any atom is 0.308 e. The molecule has 0 fully saturated rings. The Labute approximate surface area is 163 Å². The van der Waals surface area contributed by atoms with Crippen LogP contribution in [0.4, 0.5) is 0 Å². The standard InChI is InChI=1S/C21H22N2O4S/c1-13-10-16(28(2,26)27)7-5-14(13)11-18-17-4-3-9-22-20(17)23-12-15(21(24)25)6-8-19(18)23/h3-5,7,9-10,15H,6,8,11-12H2,1-2H3,(H,24,25). The Hall–Kier alpha value is -2.67. The number of pyridine rings is 1. The number of rotatable bonds is 4. The number of sulfone groups is 1. The fraction of sp³-hybridized carbons (Fsp3) is 0.333. The van der Waals surface area contributed by atoms with Crippen molar-refractivity contribution in [2.24, 2.45) is 5.92 Å². The first-order valence-electron chi connectivity index (χ1n) is 9.23. The predicted molar refractivity (Wildman–Crippen MR) is 106 cm³/mol. The number of hydrogen-bond acceptors (Lipinski definition) is 4. The third kappa shape index (κ3) is 3.20. The molecular formula is C21H22N2O4S. The van der Waals surface area contributed by atoms with Gasteiger partial charge in [0.15, 0.2) is 9.84 Å². The van der Waals surface area contributed by atoms with Gasteiger partial charge in [0.25, 0.3) is 0 Å². The summed E-state index contributed by atoms with van der Waals surface area (Å²) in [6, 6.07) is 9.17. The normalized spacial score (nSPS) is 16.9. The van der Waals surface area contributed by atoms with Crippen LogP contribution in [0.1, 0.15) is 28.8 Å². The minimum absolute atomic E-state index is 0.323. The van der Waals surface area contributed by atoms with Crippen molar-refractivity contribution in [2.75, 3.05) is 6.26 Å². The van der Waals surface area contributed by atoms with Crippen LogP contribution in [0.15, 0.2) is 41.4 Å². The summed E-state index contributed by atoms with van der Waals surface area (Å²) in [5.74, 6) is -1.16. The minimum atomic E-state index is -3.24. The molecule has 1 atom stereocenters. The fourth-order valence-corrected chi connectivity index (χ4v) is 4.79. The average Bonchev–Trinajstić information content (AvgIpc) is 2.96. The molecule has 7 heteroatoms. The molecule has 0 amide bonds. The number of nitrogens with zero attached hydrogens (tertiary/aromatic N) is 2. The molecule has 28 heavy (non-hydrogen) atoms. The third-order valence-corrected chi connectivity index (χ3v) is 6.74. The lowest BCUT2D eigenvalue weighted by molar-refractivity contribution is -0.142. The van der Waals surface area contributed by atoms with Gasteiger partial charge in [-0.3, -0.25) is 4.79 Å². The van der Waals surface area contributed by atoms with Crippen molar-refractivity contribution >= 4 is 26.8 Å². The smallest absolute Gasteiger partial charge is 0.308 e. The van der Waals surface area contributed by atoms with E-state index in [0.29, 0.717) is 30.7 Å². The van der Waals surface area contributed by atoms with Gasteiger partial charge in [-0.15, -0.1) is 0 Å². The molecule has 4 rings (SSSR count). The highest BCUT2D eigenvalue weighted by Gasteiger charge is 2.29. The lowest BCUT2D eigenvalue weighted by Gasteiger charge is -2.23. The molecule has 6 nitrogen and oxygen atoms in total. The molecule has 3 aromatic rings. The Balaban J connectivity index is 1.80. The maximum atomic E-state index is 11.8. The molecular weight excluding hydrogens is 376 g/mol. The fourth-order valence-electron chi connectivity index (χ4n) is 4.09. The molecule has 0 aliphatic carbocycles. The zero-order chi connectivity index (χ0) is 20.1. The number of benzene rings is 1. The van der Waals surface area contributed by atoms with E-state index in [-0.39, 0.29) is 0 Å². The molecule has 1 unspecified atom stereocenters. The van der Waals surface area contributed by atoms with Crippen molar-refractivity contribution in [2.45, 2.75) is 37.6 Å². The topological polar surface area (TPSA) is 89.3 Å². The second kappa shape index (κ2) is 6.74. The molecule has 0 saturated carbocycles. The van der Waals surface area contributed by atoms with Crippen LogP contribution in [0, 0.1) is 12.8 Å². The largest absolute Gasteiger partial charge is 0.481 e. The van der Waals surface area contributed by atoms with Gasteiger partial charge in [0, 0.05) is 36.5 Å². The van der Waals surface area contributed by atoms with Gasteiger partial charge in [-0.1, -0.05) is 6.07 Å². The Morgan fingerprint density at radius 1 is 1.32 bits per heavy atom. The molecule has 1 N–H and O–H groups in total. The van der Waals surface area contributed by atoms with Crippen molar-refractivity contribution in [1.82, 2.24) is 9.55 Å². The molecule has 1 aromatic carbocycles. The van der Waals surface area contributed by atoms with Crippen LogP contribution in [0.5, 0.6) is 0 Å². The second-order valence-corrected chi connectivity index (χ2v) is 9.54. The van der Waals surface area contributed by atoms with E-state index in [9.17, 15) is 18.3 Å². The van der Waals surface area contributed by atoms with Gasteiger partial charge in [-0.05, 0) is 60.7 Å². The van der Waals surface area contributed by atoms with Gasteiger partial charge in [0.05, 0.1) is 10.8 Å². The summed E-state index contributed by atoms with van der Waals surface area (Å²) in [6.45, 7) is 2.36. The molecule has 0 radical (unpaired) electrons. The van der Waals surface area contributed by atoms with Gasteiger partial charge in [-0.25, -0.2) is 13.4 Å². The number of carbonyl (C=O) groups is 1. The van der Waals surface area contributed by atoms with Crippen molar-refractivity contribution < 1.29 is 18.3 Å². The number of carboxylic acids is 1. The van der Waals surface area contributed by atoms with Gasteiger partial charge >= 0.3 is 5.97 Å². The lowest BCUT2D eigenvalue weighted by Crippen LogP contribution is -2.26. The van der Waals surface area contributed by atoms with Gasteiger partial charge in [0.2, 0.25) is 0 Å². The molecule has 3 heterocycles. The lowest BCUT2D eigenvalue weighted by atomic mass is 9.93. The van der Waals surface area contributed by atoms with E-state index in [1.165, 1.54) is 6.26 Å². The number of fused-ring (bicyclic) bond motifs is 3. The second-order valence-electron chi connectivity index (χ2n) is 7.52. The summed E-state index contributed by atoms with van der Waals surface area (Å²) < 4.78 is 25.7. The van der Waals surface area contributed by atoms with E-state index in [1.54, 1.807) is 18.3 Å². The Morgan fingerprint density at radius 3 is 2.79 bits per heavy atom. The zero-order valence-corrected chi connectivity index (χ0v) is 16.7. The van der Waals surface area contributed by atoms with Gasteiger partial charge < -0.3 is 9.67 Å². The quantitative estimate of drug-likeness (QED) is 0.730. The molecule has 0 saturated heterocycles. The summed E-state index contributed by atoms with van der Waals surface area (Å²) in [7, 11) is -3.24. The maximum absolute atomic E-state index is 11.8. The van der Waals surface area contributed by atoms with Crippen molar-refractivity contribution in [1.29, 1.82) is 0 Å². The molecule has 0 spiro atoms. The number of hydrogen-bond donors (Lipinski definition) is 1. The van der Waals surface area contributed by atoms with Crippen molar-refractivity contribution in [3.8, 4) is 0 Å². The van der Waals surface area contributed by atoms with Crippen molar-refractivity contribution in [3.05, 3.63) is 58.9 Å². The SMILES string of the molecule is Cc1cc(S(C)(=O)=O)ccc1Cc1c2n(c3ncccc13)CC(C(=O)O)CC2. The summed E-state index contributed by atoms with van der Waals surface area (Å²) in [5.41, 5.74) is 5.11. The molecule has 1 aliphatic heterocycles. The highest BCUT2D eigenvalue weighted by atomic mass is 32.2. The van der Waals surface area contributed by atoms with Crippen LogP contribution in [-0.4, -0.2) is 35.3 Å². The minimum Gasteiger partial charge on any atom is -0.481 e. The first kappa shape index (κ1) is 18.7. The molecule has 2 aromatic heterocycles. The zero-order valence-electron chi connectivity index (χ0n) is 15.8. The summed E-state index contributed by atoms with van der Waals surface area (Å²) >= 11 is 0. The summed E-state index contributed by atoms with van der Waals surface area (Å²) in [6.07, 6.45) is 4.92. The summed E-state index contributed by atoms with van der Waals surface area (Å²) in [5, 5.41) is 10.5. The van der Waals surface area contributed by atoms with Gasteiger partial charge in [0.1, 0.15) is 5.65 Å². The number of aryl methyl sites for hydroxylation is 1. The highest BCUT2D eigenvalue weighted by molar-refractivity contribution is 7.90. The van der Waals surface area contributed by atoms with Crippen LogP contribution in [0.3, 0.4) is 0 Å². The van der Waals surface area contributed by atoms with E-state index >= 15 is 0 Å². The van der Waals surface area contributed by atoms with Crippen LogP contribution in [0.2, 0.25) is 0 Å². The number of aliphatic carboxylic acids is 1. The van der Waals surface area contributed by atoms with E-state index in [2.05, 4.69) is 4.98 Å². The first-order valence-corrected chi connectivity index (χ1v) is 11.1. The van der Waals surface area contributed by atoms with E-state index < -0.39 is 21.7 Å². The number of carboxylic acid groups (broad SMARTS) is 1. The summed E-state index contributed by atoms with van der Waals surface area (Å²) in [4.78, 5) is 16.3. The van der Waals surface area contributed by atoms with Gasteiger partial charge in [-0.2, -0.15) is 0 Å². The van der Waals surface area contributed by atoms with E-state index in [4.69, 9.17) is 0 Å². The average molecular weight is 398 g/mol. The van der Waals surface area contributed by atoms with E-state index in [1.807, 2.05) is 29.7 Å². The van der Waals surface area contributed by atoms with Crippen LogP contribution in [-0.2, 0) is 34.0 Å². The predicted octanol–water partition coefficient (Wildman–Crippen LogP) is 2.99. The third-order valence-electron chi connectivity index (χ3n) is 5.63. The monoisotopic (exact) mass is 398 g/mol. The first-order chi connectivity index (χ1) is 13.3. The number of aromatic nitrogens is 2. The Morgan fingerprint density at radius 2 is 2.11 bits per heavy atom. The molecule has 1 aliphatic rings. The molecule has 146 valence electrons. The van der Waals surface area contributed by atoms with E-state index in [0.717, 1.165) is 33.4 Å². The Kier molecular flexibility index (Phi) is 4.50. The highest BCUT2D eigenvalue weighted by Crippen LogP contribution is 2.33. The van der Waals surface area contributed by atoms with Crippen molar-refractivity contribution in [3.63, 3.8) is 0 Å². The van der Waals surface area contributed by atoms with Crippen LogP contribution < -0.4 is 0 Å². The Bertz CT molecular complexity index is 1190.